The van der Waals surface area contributed by atoms with E-state index in [1.54, 1.807) is 36.4 Å². The molecule has 98 valence electrons. The molecular formula is C13H9BrCl2N2O. The first-order chi connectivity index (χ1) is 8.99. The second kappa shape index (κ2) is 5.82. The number of hydrogen-bond acceptors (Lipinski definition) is 2. The highest BCUT2D eigenvalue weighted by Crippen LogP contribution is 2.29. The lowest BCUT2D eigenvalue weighted by Crippen LogP contribution is -2.13. The monoisotopic (exact) mass is 358 g/mol. The normalized spacial score (nSPS) is 10.3. The van der Waals surface area contributed by atoms with Crippen molar-refractivity contribution in [2.24, 2.45) is 0 Å². The van der Waals surface area contributed by atoms with Crippen LogP contribution in [0.1, 0.15) is 10.4 Å². The van der Waals surface area contributed by atoms with E-state index in [2.05, 4.69) is 21.2 Å². The van der Waals surface area contributed by atoms with Crippen LogP contribution in [-0.2, 0) is 0 Å². The number of benzene rings is 2. The molecule has 0 saturated carbocycles. The summed E-state index contributed by atoms with van der Waals surface area (Å²) in [7, 11) is 0. The van der Waals surface area contributed by atoms with E-state index in [0.29, 0.717) is 27.0 Å². The molecule has 0 aliphatic rings. The predicted molar refractivity (Wildman–Crippen MR) is 83.0 cm³/mol. The van der Waals surface area contributed by atoms with Gasteiger partial charge in [-0.2, -0.15) is 0 Å². The van der Waals surface area contributed by atoms with E-state index in [-0.39, 0.29) is 5.91 Å². The number of amides is 1. The van der Waals surface area contributed by atoms with Gasteiger partial charge in [0.2, 0.25) is 0 Å². The Balaban J connectivity index is 2.28. The third-order valence-electron chi connectivity index (χ3n) is 2.47. The molecule has 0 aliphatic carbocycles. The van der Waals surface area contributed by atoms with Crippen LogP contribution in [0.15, 0.2) is 40.9 Å². The van der Waals surface area contributed by atoms with Crippen molar-refractivity contribution >= 4 is 56.4 Å². The quantitative estimate of drug-likeness (QED) is 0.770. The Morgan fingerprint density at radius 1 is 1.16 bits per heavy atom. The van der Waals surface area contributed by atoms with Crippen molar-refractivity contribution in [3.8, 4) is 0 Å². The average Bonchev–Trinajstić information content (AvgIpc) is 2.37. The van der Waals surface area contributed by atoms with Gasteiger partial charge in [0, 0.05) is 10.0 Å². The van der Waals surface area contributed by atoms with Gasteiger partial charge < -0.3 is 11.1 Å². The van der Waals surface area contributed by atoms with Crippen molar-refractivity contribution in [3.63, 3.8) is 0 Å². The Bertz CT molecular complexity index is 626. The van der Waals surface area contributed by atoms with E-state index in [4.69, 9.17) is 28.9 Å². The number of nitrogens with one attached hydrogen (secondary N) is 1. The Labute approximate surface area is 128 Å². The molecule has 0 fully saturated rings. The van der Waals surface area contributed by atoms with Crippen LogP contribution in [0.3, 0.4) is 0 Å². The number of hydrogen-bond donors (Lipinski definition) is 2. The summed E-state index contributed by atoms with van der Waals surface area (Å²) >= 11 is 15.2. The van der Waals surface area contributed by atoms with Crippen molar-refractivity contribution in [2.75, 3.05) is 11.1 Å². The molecule has 0 aliphatic heterocycles. The van der Waals surface area contributed by atoms with E-state index in [9.17, 15) is 4.79 Å². The standard InChI is InChI=1S/C13H9BrCl2N2O/c14-8-5-4-7(6-10(8)16)13(19)18-12-9(15)2-1-3-11(12)17/h1-6H,17H2,(H,18,19). The number of carbonyl (C=O) groups is 1. The predicted octanol–water partition coefficient (Wildman–Crippen LogP) is 4.59. The maximum atomic E-state index is 12.1. The average molecular weight is 360 g/mol. The smallest absolute Gasteiger partial charge is 0.255 e. The summed E-state index contributed by atoms with van der Waals surface area (Å²) in [6.07, 6.45) is 0. The van der Waals surface area contributed by atoms with Gasteiger partial charge in [-0.1, -0.05) is 29.3 Å². The van der Waals surface area contributed by atoms with Crippen molar-refractivity contribution < 1.29 is 4.79 Å². The fourth-order valence-corrected chi connectivity index (χ4v) is 2.15. The lowest BCUT2D eigenvalue weighted by molar-refractivity contribution is 0.102. The SMILES string of the molecule is Nc1cccc(Cl)c1NC(=O)c1ccc(Br)c(Cl)c1. The molecular weight excluding hydrogens is 351 g/mol. The van der Waals surface area contributed by atoms with Gasteiger partial charge in [0.25, 0.3) is 5.91 Å². The van der Waals surface area contributed by atoms with Crippen LogP contribution in [0.5, 0.6) is 0 Å². The fraction of sp³-hybridized carbons (Fsp3) is 0. The largest absolute Gasteiger partial charge is 0.397 e. The van der Waals surface area contributed by atoms with Crippen LogP contribution in [0.25, 0.3) is 0 Å². The van der Waals surface area contributed by atoms with Crippen molar-refractivity contribution in [1.29, 1.82) is 0 Å². The molecule has 2 aromatic carbocycles. The molecule has 0 bridgehead atoms. The van der Waals surface area contributed by atoms with E-state index in [0.717, 1.165) is 4.47 Å². The fourth-order valence-electron chi connectivity index (χ4n) is 1.50. The lowest BCUT2D eigenvalue weighted by atomic mass is 10.2. The highest BCUT2D eigenvalue weighted by molar-refractivity contribution is 9.10. The van der Waals surface area contributed by atoms with Crippen molar-refractivity contribution in [3.05, 3.63) is 56.5 Å². The minimum atomic E-state index is -0.325. The second-order valence-corrected chi connectivity index (χ2v) is 5.46. The molecule has 0 radical (unpaired) electrons. The molecule has 0 unspecified atom stereocenters. The Morgan fingerprint density at radius 2 is 1.89 bits per heavy atom. The van der Waals surface area contributed by atoms with E-state index in [1.807, 2.05) is 0 Å². The van der Waals surface area contributed by atoms with Crippen LogP contribution < -0.4 is 11.1 Å². The zero-order chi connectivity index (χ0) is 14.0. The summed E-state index contributed by atoms with van der Waals surface area (Å²) in [6, 6.07) is 9.95. The van der Waals surface area contributed by atoms with Gasteiger partial charge >= 0.3 is 0 Å². The summed E-state index contributed by atoms with van der Waals surface area (Å²) < 4.78 is 0.725. The number of para-hydroxylation sites is 1. The summed E-state index contributed by atoms with van der Waals surface area (Å²) in [5.41, 5.74) is 7.00. The molecule has 6 heteroatoms. The number of nitrogens with two attached hydrogens (primary N) is 1. The maximum Gasteiger partial charge on any atom is 0.255 e. The molecule has 1 amide bonds. The molecule has 0 saturated heterocycles. The summed E-state index contributed by atoms with van der Waals surface area (Å²) in [6.45, 7) is 0. The molecule has 0 heterocycles. The van der Waals surface area contributed by atoms with Gasteiger partial charge in [0.1, 0.15) is 0 Å². The van der Waals surface area contributed by atoms with Gasteiger partial charge in [-0.15, -0.1) is 0 Å². The minimum absolute atomic E-state index is 0.325. The van der Waals surface area contributed by atoms with Gasteiger partial charge in [-0.05, 0) is 46.3 Å². The number of rotatable bonds is 2. The van der Waals surface area contributed by atoms with Crippen molar-refractivity contribution in [1.82, 2.24) is 0 Å². The van der Waals surface area contributed by atoms with E-state index >= 15 is 0 Å². The molecule has 2 aromatic rings. The lowest BCUT2D eigenvalue weighted by Gasteiger charge is -2.10. The summed E-state index contributed by atoms with van der Waals surface area (Å²) in [4.78, 5) is 12.1. The molecule has 0 spiro atoms. The molecule has 3 N–H and O–H groups in total. The Hall–Kier alpha value is -1.23. The second-order valence-electron chi connectivity index (χ2n) is 3.79. The van der Waals surface area contributed by atoms with Crippen molar-refractivity contribution in [2.45, 2.75) is 0 Å². The van der Waals surface area contributed by atoms with E-state index < -0.39 is 0 Å². The Kier molecular flexibility index (Phi) is 4.34. The van der Waals surface area contributed by atoms with Crippen LogP contribution in [0.4, 0.5) is 11.4 Å². The van der Waals surface area contributed by atoms with Gasteiger partial charge in [0.05, 0.1) is 21.4 Å². The molecule has 2 rings (SSSR count). The third kappa shape index (κ3) is 3.21. The Morgan fingerprint density at radius 3 is 2.53 bits per heavy atom. The summed E-state index contributed by atoms with van der Waals surface area (Å²) in [5, 5.41) is 3.52. The number of nitrogen functional groups attached to an aromatic ring is 1. The molecule has 0 atom stereocenters. The van der Waals surface area contributed by atoms with Crippen LogP contribution in [0, 0.1) is 0 Å². The zero-order valence-corrected chi connectivity index (χ0v) is 12.7. The van der Waals surface area contributed by atoms with Crippen LogP contribution in [-0.4, -0.2) is 5.91 Å². The molecule has 0 aromatic heterocycles. The molecule has 3 nitrogen and oxygen atoms in total. The van der Waals surface area contributed by atoms with Crippen LogP contribution in [0.2, 0.25) is 10.0 Å². The van der Waals surface area contributed by atoms with E-state index in [1.165, 1.54) is 0 Å². The topological polar surface area (TPSA) is 55.1 Å². The maximum absolute atomic E-state index is 12.1. The van der Waals surface area contributed by atoms with Gasteiger partial charge in [-0.25, -0.2) is 0 Å². The highest BCUT2D eigenvalue weighted by Gasteiger charge is 2.12. The highest BCUT2D eigenvalue weighted by atomic mass is 79.9. The first-order valence-corrected chi connectivity index (χ1v) is 6.84. The molecule has 19 heavy (non-hydrogen) atoms. The number of halogens is 3. The van der Waals surface area contributed by atoms with Crippen LogP contribution >= 0.6 is 39.1 Å². The zero-order valence-electron chi connectivity index (χ0n) is 9.58. The van der Waals surface area contributed by atoms with Gasteiger partial charge in [0.15, 0.2) is 0 Å². The first-order valence-electron chi connectivity index (χ1n) is 5.29. The number of carbonyl (C=O) groups excluding carboxylic acids is 1. The first kappa shape index (κ1) is 14.2. The summed E-state index contributed by atoms with van der Waals surface area (Å²) in [5.74, 6) is -0.325. The third-order valence-corrected chi connectivity index (χ3v) is 4.01. The minimum Gasteiger partial charge on any atom is -0.397 e. The number of anilines is 2. The van der Waals surface area contributed by atoms with Gasteiger partial charge in [-0.3, -0.25) is 4.79 Å².